The first-order chi connectivity index (χ1) is 5.33. The first-order valence-corrected chi connectivity index (χ1v) is 3.95. The highest BCUT2D eigenvalue weighted by molar-refractivity contribution is 7.94. The van der Waals surface area contributed by atoms with Crippen LogP contribution in [0.3, 0.4) is 0 Å². The third kappa shape index (κ3) is 3.13. The van der Waals surface area contributed by atoms with E-state index in [4.69, 9.17) is 5.26 Å². The molecule has 0 unspecified atom stereocenters. The van der Waals surface area contributed by atoms with E-state index in [0.29, 0.717) is 0 Å². The van der Waals surface area contributed by atoms with E-state index in [0.717, 1.165) is 21.8 Å². The first kappa shape index (κ1) is 8.89. The maximum Gasteiger partial charge on any atom is 0.0714 e. The van der Waals surface area contributed by atoms with E-state index in [9.17, 15) is 0 Å². The Morgan fingerprint density at radius 1 is 1.27 bits per heavy atom. The van der Waals surface area contributed by atoms with E-state index in [2.05, 4.69) is 22.0 Å². The largest absolute Gasteiger partial charge is 0.220 e. The molecule has 0 amide bonds. The van der Waals surface area contributed by atoms with Gasteiger partial charge in [-0.15, -0.1) is 17.0 Å². The molecule has 1 rings (SSSR count). The highest BCUT2D eigenvalue weighted by Gasteiger charge is 1.93. The quantitative estimate of drug-likeness (QED) is 0.332. The fourth-order valence-electron chi connectivity index (χ4n) is 0.556. The number of hydrogen-bond donors (Lipinski definition) is 2. The molecular weight excluding hydrogens is 184 g/mol. The lowest BCUT2D eigenvalue weighted by Gasteiger charge is -1.96. The molecule has 0 saturated carbocycles. The Bertz CT molecular complexity index is 212. The summed E-state index contributed by atoms with van der Waals surface area (Å²) in [6.07, 6.45) is 0. The van der Waals surface area contributed by atoms with Gasteiger partial charge in [-0.3, -0.25) is 0 Å². The summed E-state index contributed by atoms with van der Waals surface area (Å²) in [4.78, 5) is 1.70. The van der Waals surface area contributed by atoms with Crippen molar-refractivity contribution in [2.24, 2.45) is 0 Å². The van der Waals surface area contributed by atoms with Crippen molar-refractivity contribution < 1.29 is 14.6 Å². The third-order valence-corrected chi connectivity index (χ3v) is 1.89. The fraction of sp³-hybridized carbons (Fsp3) is 0. The molecule has 1 aromatic rings. The molecule has 0 aliphatic carbocycles. The molecule has 11 heavy (non-hydrogen) atoms. The van der Waals surface area contributed by atoms with Gasteiger partial charge in [0.2, 0.25) is 0 Å². The van der Waals surface area contributed by atoms with Gasteiger partial charge in [-0.25, -0.2) is 5.26 Å². The summed E-state index contributed by atoms with van der Waals surface area (Å²) < 4.78 is 4.21. The van der Waals surface area contributed by atoms with Gasteiger partial charge < -0.3 is 0 Å². The molecule has 0 radical (unpaired) electrons. The van der Waals surface area contributed by atoms with Crippen LogP contribution in [0.5, 0.6) is 0 Å². The lowest BCUT2D eigenvalue weighted by atomic mass is 10.4. The zero-order chi connectivity index (χ0) is 8.10. The van der Waals surface area contributed by atoms with Crippen molar-refractivity contribution in [3.05, 3.63) is 24.3 Å². The van der Waals surface area contributed by atoms with E-state index >= 15 is 0 Å². The van der Waals surface area contributed by atoms with Gasteiger partial charge in [0, 0.05) is 9.79 Å². The number of thiol groups is 1. The molecule has 0 aliphatic rings. The van der Waals surface area contributed by atoms with Crippen LogP contribution in [0.4, 0.5) is 0 Å². The SMILES string of the molecule is OOOSc1ccc(S)cc1. The van der Waals surface area contributed by atoms with Gasteiger partial charge in [-0.1, -0.05) is 5.04 Å². The summed E-state index contributed by atoms with van der Waals surface area (Å²) in [5.41, 5.74) is 0. The Hall–Kier alpha value is -0.200. The number of hydrogen-bond acceptors (Lipinski definition) is 5. The fourth-order valence-corrected chi connectivity index (χ4v) is 1.06. The van der Waals surface area contributed by atoms with Crippen LogP contribution in [0, 0.1) is 0 Å². The van der Waals surface area contributed by atoms with Crippen LogP contribution in [-0.4, -0.2) is 5.26 Å². The molecule has 0 aromatic heterocycles. The zero-order valence-corrected chi connectivity index (χ0v) is 7.14. The van der Waals surface area contributed by atoms with Crippen molar-refractivity contribution in [3.63, 3.8) is 0 Å². The summed E-state index contributed by atoms with van der Waals surface area (Å²) in [6, 6.07) is 7.22. The maximum atomic E-state index is 7.82. The predicted molar refractivity (Wildman–Crippen MR) is 44.3 cm³/mol. The van der Waals surface area contributed by atoms with Crippen molar-refractivity contribution >= 4 is 24.7 Å². The van der Waals surface area contributed by atoms with E-state index in [1.807, 2.05) is 12.1 Å². The van der Waals surface area contributed by atoms with Crippen LogP contribution >= 0.6 is 24.7 Å². The molecule has 3 nitrogen and oxygen atoms in total. The first-order valence-electron chi connectivity index (χ1n) is 2.77. The Morgan fingerprint density at radius 3 is 2.45 bits per heavy atom. The zero-order valence-electron chi connectivity index (χ0n) is 5.43. The lowest BCUT2D eigenvalue weighted by Crippen LogP contribution is -1.77. The van der Waals surface area contributed by atoms with Gasteiger partial charge in [-0.05, 0) is 24.3 Å². The molecule has 0 fully saturated rings. The smallest absolute Gasteiger partial charge is 0.0714 e. The van der Waals surface area contributed by atoms with Gasteiger partial charge in [-0.2, -0.15) is 0 Å². The van der Waals surface area contributed by atoms with Crippen molar-refractivity contribution in [1.29, 1.82) is 0 Å². The minimum absolute atomic E-state index is 0.830. The number of rotatable bonds is 3. The van der Waals surface area contributed by atoms with Gasteiger partial charge in [0.1, 0.15) is 0 Å². The summed E-state index contributed by atoms with van der Waals surface area (Å²) in [5, 5.41) is 11.2. The topological polar surface area (TPSA) is 38.7 Å². The Labute approximate surface area is 73.8 Å². The second kappa shape index (κ2) is 4.63. The summed E-state index contributed by atoms with van der Waals surface area (Å²) in [6.45, 7) is 0. The molecule has 0 atom stereocenters. The van der Waals surface area contributed by atoms with Gasteiger partial charge in [0.25, 0.3) is 0 Å². The molecule has 1 N–H and O–H groups in total. The second-order valence-electron chi connectivity index (χ2n) is 1.72. The summed E-state index contributed by atoms with van der Waals surface area (Å²) in [5.74, 6) is 0. The Balaban J connectivity index is 2.52. The van der Waals surface area contributed by atoms with Gasteiger partial charge >= 0.3 is 0 Å². The monoisotopic (exact) mass is 190 g/mol. The Morgan fingerprint density at radius 2 is 1.91 bits per heavy atom. The predicted octanol–water partition coefficient (Wildman–Crippen LogP) is 2.40. The maximum absolute atomic E-state index is 7.82. The third-order valence-electron chi connectivity index (χ3n) is 0.997. The normalized spacial score (nSPS) is 10.0. The van der Waals surface area contributed by atoms with Gasteiger partial charge in [0.05, 0.1) is 12.0 Å². The molecule has 1 aromatic carbocycles. The minimum atomic E-state index is 0.830. The van der Waals surface area contributed by atoms with Crippen molar-refractivity contribution in [2.45, 2.75) is 9.79 Å². The molecule has 0 bridgehead atoms. The average Bonchev–Trinajstić information content (AvgIpc) is 2.04. The molecule has 60 valence electrons. The van der Waals surface area contributed by atoms with Crippen LogP contribution in [0.15, 0.2) is 34.1 Å². The standard InChI is InChI=1S/C6H6O3S2/c7-8-9-11-6-3-1-5(10)2-4-6/h1-4,7,10H. The van der Waals surface area contributed by atoms with Crippen LogP contribution < -0.4 is 0 Å². The highest BCUT2D eigenvalue weighted by Crippen LogP contribution is 2.20. The lowest BCUT2D eigenvalue weighted by molar-refractivity contribution is -0.432. The van der Waals surface area contributed by atoms with E-state index in [1.54, 1.807) is 12.1 Å². The Kier molecular flexibility index (Phi) is 3.74. The average molecular weight is 190 g/mol. The van der Waals surface area contributed by atoms with Crippen molar-refractivity contribution in [2.75, 3.05) is 0 Å². The molecule has 0 aliphatic heterocycles. The van der Waals surface area contributed by atoms with Gasteiger partial charge in [0.15, 0.2) is 0 Å². The van der Waals surface area contributed by atoms with Crippen LogP contribution in [0.25, 0.3) is 0 Å². The summed E-state index contributed by atoms with van der Waals surface area (Å²) >= 11 is 5.01. The summed E-state index contributed by atoms with van der Waals surface area (Å²) in [7, 11) is 0. The highest BCUT2D eigenvalue weighted by atomic mass is 32.2. The molecule has 0 heterocycles. The molecular formula is C6H6O3S2. The van der Waals surface area contributed by atoms with E-state index in [-0.39, 0.29) is 0 Å². The van der Waals surface area contributed by atoms with E-state index in [1.165, 1.54) is 0 Å². The minimum Gasteiger partial charge on any atom is -0.220 e. The van der Waals surface area contributed by atoms with Crippen LogP contribution in [0.1, 0.15) is 0 Å². The molecule has 0 spiro atoms. The van der Waals surface area contributed by atoms with Crippen LogP contribution in [-0.2, 0) is 9.37 Å². The number of benzene rings is 1. The van der Waals surface area contributed by atoms with Crippen molar-refractivity contribution in [3.8, 4) is 0 Å². The second-order valence-corrected chi connectivity index (χ2v) is 3.01. The van der Waals surface area contributed by atoms with E-state index < -0.39 is 0 Å². The molecule has 0 saturated heterocycles. The molecule has 5 heteroatoms. The van der Waals surface area contributed by atoms with Crippen LogP contribution in [0.2, 0.25) is 0 Å². The van der Waals surface area contributed by atoms with Crippen molar-refractivity contribution in [1.82, 2.24) is 0 Å².